The van der Waals surface area contributed by atoms with Gasteiger partial charge in [-0.1, -0.05) is 45.4 Å². The van der Waals surface area contributed by atoms with E-state index in [4.69, 9.17) is 5.11 Å². The van der Waals surface area contributed by atoms with Crippen LogP contribution < -0.4 is 0 Å². The van der Waals surface area contributed by atoms with Gasteiger partial charge in [0, 0.05) is 6.04 Å². The molecule has 3 heteroatoms. The molecule has 0 heterocycles. The number of hydrogen-bond acceptors (Lipinski definition) is 2. The van der Waals surface area contributed by atoms with Gasteiger partial charge in [-0.2, -0.15) is 0 Å². The number of hydrogen-bond donors (Lipinski definition) is 1. The van der Waals surface area contributed by atoms with Crippen LogP contribution in [0.5, 0.6) is 0 Å². The summed E-state index contributed by atoms with van der Waals surface area (Å²) < 4.78 is 0. The second kappa shape index (κ2) is 10.6. The summed E-state index contributed by atoms with van der Waals surface area (Å²) in [6, 6.07) is 0.325. The Morgan fingerprint density at radius 2 is 1.59 bits per heavy atom. The van der Waals surface area contributed by atoms with Gasteiger partial charge < -0.3 is 5.11 Å². The molecule has 0 rings (SSSR count). The lowest BCUT2D eigenvalue weighted by Gasteiger charge is -2.24. The molecular formula is C14H29NO2. The molecule has 0 saturated carbocycles. The molecule has 3 nitrogen and oxygen atoms in total. The van der Waals surface area contributed by atoms with Gasteiger partial charge in [0.2, 0.25) is 0 Å². The molecule has 1 N–H and O–H groups in total. The van der Waals surface area contributed by atoms with E-state index in [1.165, 1.54) is 38.5 Å². The van der Waals surface area contributed by atoms with E-state index in [1.807, 2.05) is 4.90 Å². The van der Waals surface area contributed by atoms with Crippen molar-refractivity contribution in [3.05, 3.63) is 0 Å². The zero-order valence-electron chi connectivity index (χ0n) is 11.7. The van der Waals surface area contributed by atoms with Crippen molar-refractivity contribution in [1.82, 2.24) is 4.90 Å². The fourth-order valence-electron chi connectivity index (χ4n) is 1.97. The summed E-state index contributed by atoms with van der Waals surface area (Å²) in [5.74, 6) is -0.721. The zero-order chi connectivity index (χ0) is 13.1. The zero-order valence-corrected chi connectivity index (χ0v) is 11.7. The molecule has 0 bridgehead atoms. The molecule has 0 aliphatic carbocycles. The largest absolute Gasteiger partial charge is 0.480 e. The Hall–Kier alpha value is -0.570. The Bertz CT molecular complexity index is 193. The van der Waals surface area contributed by atoms with Crippen molar-refractivity contribution in [2.75, 3.05) is 13.1 Å². The first-order valence-corrected chi connectivity index (χ1v) is 7.03. The molecule has 0 fully saturated rings. The third-order valence-electron chi connectivity index (χ3n) is 3.12. The van der Waals surface area contributed by atoms with Crippen molar-refractivity contribution in [2.24, 2.45) is 0 Å². The summed E-state index contributed by atoms with van der Waals surface area (Å²) in [6.45, 7) is 7.44. The Kier molecular flexibility index (Phi) is 10.2. The molecule has 0 atom stereocenters. The van der Waals surface area contributed by atoms with Gasteiger partial charge in [0.15, 0.2) is 0 Å². The Morgan fingerprint density at radius 1 is 1.06 bits per heavy atom. The van der Waals surface area contributed by atoms with E-state index in [0.717, 1.165) is 13.0 Å². The number of carbonyl (C=O) groups is 1. The molecule has 102 valence electrons. The monoisotopic (exact) mass is 243 g/mol. The molecule has 0 amide bonds. The smallest absolute Gasteiger partial charge is 0.317 e. The van der Waals surface area contributed by atoms with Gasteiger partial charge in [0.1, 0.15) is 0 Å². The molecule has 0 aromatic carbocycles. The normalized spacial score (nSPS) is 11.4. The SMILES string of the molecule is CCCCCCCCCN(CC(=O)O)C(C)C. The van der Waals surface area contributed by atoms with Crippen LogP contribution in [-0.4, -0.2) is 35.1 Å². The highest BCUT2D eigenvalue weighted by molar-refractivity contribution is 5.69. The third-order valence-corrected chi connectivity index (χ3v) is 3.12. The van der Waals surface area contributed by atoms with Crippen LogP contribution in [0.2, 0.25) is 0 Å². The molecule has 0 aliphatic rings. The van der Waals surface area contributed by atoms with Gasteiger partial charge in [0.25, 0.3) is 0 Å². The first kappa shape index (κ1) is 16.4. The van der Waals surface area contributed by atoms with Crippen LogP contribution in [0.15, 0.2) is 0 Å². The van der Waals surface area contributed by atoms with Gasteiger partial charge in [0.05, 0.1) is 6.54 Å². The van der Waals surface area contributed by atoms with Gasteiger partial charge in [-0.25, -0.2) is 0 Å². The average molecular weight is 243 g/mol. The summed E-state index contributed by atoms with van der Waals surface area (Å²) in [6.07, 6.45) is 8.95. The Balaban J connectivity index is 3.51. The summed E-state index contributed by atoms with van der Waals surface area (Å²) in [4.78, 5) is 12.7. The van der Waals surface area contributed by atoms with Gasteiger partial charge >= 0.3 is 5.97 Å². The molecule has 0 radical (unpaired) electrons. The van der Waals surface area contributed by atoms with E-state index in [1.54, 1.807) is 0 Å². The van der Waals surface area contributed by atoms with E-state index >= 15 is 0 Å². The van der Waals surface area contributed by atoms with Crippen molar-refractivity contribution in [3.8, 4) is 0 Å². The number of nitrogens with zero attached hydrogens (tertiary/aromatic N) is 1. The summed E-state index contributed by atoms with van der Waals surface area (Å²) >= 11 is 0. The highest BCUT2D eigenvalue weighted by Crippen LogP contribution is 2.08. The molecule has 0 saturated heterocycles. The summed E-state index contributed by atoms with van der Waals surface area (Å²) in [7, 11) is 0. The van der Waals surface area contributed by atoms with Crippen molar-refractivity contribution in [1.29, 1.82) is 0 Å². The number of rotatable bonds is 11. The molecule has 0 aromatic rings. The lowest BCUT2D eigenvalue weighted by Crippen LogP contribution is -2.36. The second-order valence-corrected chi connectivity index (χ2v) is 5.08. The quantitative estimate of drug-likeness (QED) is 0.564. The minimum Gasteiger partial charge on any atom is -0.480 e. The average Bonchev–Trinajstić information content (AvgIpc) is 2.25. The maximum Gasteiger partial charge on any atom is 0.317 e. The van der Waals surface area contributed by atoms with E-state index in [0.29, 0.717) is 6.04 Å². The Morgan fingerprint density at radius 3 is 2.06 bits per heavy atom. The van der Waals surface area contributed by atoms with Crippen molar-refractivity contribution in [2.45, 2.75) is 71.8 Å². The molecular weight excluding hydrogens is 214 g/mol. The topological polar surface area (TPSA) is 40.5 Å². The summed E-state index contributed by atoms with van der Waals surface area (Å²) in [5.41, 5.74) is 0. The second-order valence-electron chi connectivity index (χ2n) is 5.08. The fourth-order valence-corrected chi connectivity index (χ4v) is 1.97. The third kappa shape index (κ3) is 10.3. The molecule has 0 unspecified atom stereocenters. The number of carboxylic acid groups (broad SMARTS) is 1. The van der Waals surface area contributed by atoms with E-state index in [9.17, 15) is 4.79 Å². The lowest BCUT2D eigenvalue weighted by molar-refractivity contribution is -0.138. The van der Waals surface area contributed by atoms with E-state index in [-0.39, 0.29) is 6.54 Å². The van der Waals surface area contributed by atoms with Crippen LogP contribution in [0.1, 0.15) is 65.7 Å². The Labute approximate surface area is 106 Å². The molecule has 0 aromatic heterocycles. The molecule has 17 heavy (non-hydrogen) atoms. The molecule has 0 spiro atoms. The van der Waals surface area contributed by atoms with Crippen LogP contribution >= 0.6 is 0 Å². The minimum absolute atomic E-state index is 0.174. The fraction of sp³-hybridized carbons (Fsp3) is 0.929. The van der Waals surface area contributed by atoms with Crippen molar-refractivity contribution < 1.29 is 9.90 Å². The van der Waals surface area contributed by atoms with Crippen molar-refractivity contribution in [3.63, 3.8) is 0 Å². The van der Waals surface area contributed by atoms with Crippen LogP contribution in [0.25, 0.3) is 0 Å². The maximum absolute atomic E-state index is 10.7. The number of carboxylic acids is 1. The number of unbranched alkanes of at least 4 members (excludes halogenated alkanes) is 6. The van der Waals surface area contributed by atoms with Crippen LogP contribution in [0, 0.1) is 0 Å². The highest BCUT2D eigenvalue weighted by atomic mass is 16.4. The first-order chi connectivity index (χ1) is 8.07. The standard InChI is InChI=1S/C14H29NO2/c1-4-5-6-7-8-9-10-11-15(13(2)3)12-14(16)17/h13H,4-12H2,1-3H3,(H,16,17). The van der Waals surface area contributed by atoms with Gasteiger partial charge in [-0.15, -0.1) is 0 Å². The summed E-state index contributed by atoms with van der Waals surface area (Å²) in [5, 5.41) is 8.79. The van der Waals surface area contributed by atoms with E-state index in [2.05, 4.69) is 20.8 Å². The van der Waals surface area contributed by atoms with Crippen LogP contribution in [0.4, 0.5) is 0 Å². The van der Waals surface area contributed by atoms with E-state index < -0.39 is 5.97 Å². The number of aliphatic carboxylic acids is 1. The van der Waals surface area contributed by atoms with Crippen LogP contribution in [-0.2, 0) is 4.79 Å². The molecule has 0 aliphatic heterocycles. The van der Waals surface area contributed by atoms with Gasteiger partial charge in [-0.3, -0.25) is 9.69 Å². The first-order valence-electron chi connectivity index (χ1n) is 7.03. The van der Waals surface area contributed by atoms with Crippen LogP contribution in [0.3, 0.4) is 0 Å². The van der Waals surface area contributed by atoms with Crippen molar-refractivity contribution >= 4 is 5.97 Å². The predicted molar refractivity (Wildman–Crippen MR) is 72.3 cm³/mol. The maximum atomic E-state index is 10.7. The highest BCUT2D eigenvalue weighted by Gasteiger charge is 2.12. The lowest BCUT2D eigenvalue weighted by atomic mass is 10.1. The minimum atomic E-state index is -0.721. The van der Waals surface area contributed by atoms with Gasteiger partial charge in [-0.05, 0) is 26.8 Å². The predicted octanol–water partition coefficient (Wildman–Crippen LogP) is 3.53.